The van der Waals surface area contributed by atoms with Crippen molar-refractivity contribution in [3.63, 3.8) is 0 Å². The van der Waals surface area contributed by atoms with Crippen LogP contribution in [0.1, 0.15) is 25.7 Å². The summed E-state index contributed by atoms with van der Waals surface area (Å²) in [6.07, 6.45) is 3.75. The van der Waals surface area contributed by atoms with Crippen LogP contribution >= 0.6 is 11.6 Å². The number of carbonyl (C=O) groups excluding carboxylic acids is 1. The van der Waals surface area contributed by atoms with Crippen LogP contribution in [0.3, 0.4) is 0 Å². The number of nitrogens with one attached hydrogen (secondary N) is 1. The van der Waals surface area contributed by atoms with Crippen LogP contribution in [-0.4, -0.2) is 31.5 Å². The normalized spacial score (nSPS) is 18.1. The first-order valence-corrected chi connectivity index (χ1v) is 5.77. The second-order valence-electron chi connectivity index (χ2n) is 3.63. The van der Waals surface area contributed by atoms with E-state index in [2.05, 4.69) is 5.32 Å². The Morgan fingerprint density at radius 1 is 1.43 bits per heavy atom. The molecule has 1 saturated heterocycles. The Labute approximate surface area is 90.1 Å². The minimum absolute atomic E-state index is 0.0621. The first-order chi connectivity index (χ1) is 6.83. The van der Waals surface area contributed by atoms with Crippen LogP contribution in [-0.2, 0) is 9.53 Å². The van der Waals surface area contributed by atoms with Crippen LogP contribution < -0.4 is 5.32 Å². The number of halogens is 1. The van der Waals surface area contributed by atoms with Gasteiger partial charge in [0, 0.05) is 32.1 Å². The van der Waals surface area contributed by atoms with E-state index in [4.69, 9.17) is 16.3 Å². The summed E-state index contributed by atoms with van der Waals surface area (Å²) >= 11 is 5.45. The molecule has 0 unspecified atom stereocenters. The van der Waals surface area contributed by atoms with Gasteiger partial charge in [-0.25, -0.2) is 0 Å². The number of rotatable bonds is 5. The van der Waals surface area contributed by atoms with Gasteiger partial charge in [0.1, 0.15) is 0 Å². The molecule has 1 aliphatic rings. The maximum atomic E-state index is 11.1. The maximum absolute atomic E-state index is 11.1. The molecule has 0 aromatic carbocycles. The third kappa shape index (κ3) is 4.82. The Balaban J connectivity index is 1.99. The molecule has 0 saturated carbocycles. The Bertz CT molecular complexity index is 170. The highest BCUT2D eigenvalue weighted by molar-refractivity contribution is 6.18. The molecule has 1 aliphatic heterocycles. The van der Waals surface area contributed by atoms with E-state index >= 15 is 0 Å². The van der Waals surface area contributed by atoms with E-state index in [1.807, 2.05) is 0 Å². The van der Waals surface area contributed by atoms with E-state index in [1.165, 1.54) is 0 Å². The van der Waals surface area contributed by atoms with E-state index in [1.54, 1.807) is 0 Å². The molecule has 1 amide bonds. The molecule has 4 heteroatoms. The van der Waals surface area contributed by atoms with Crippen LogP contribution in [0.25, 0.3) is 0 Å². The Morgan fingerprint density at radius 2 is 2.14 bits per heavy atom. The Kier molecular flexibility index (Phi) is 5.96. The molecule has 1 N–H and O–H groups in total. The summed E-state index contributed by atoms with van der Waals surface area (Å²) in [5, 5.41) is 2.87. The number of hydrogen-bond acceptors (Lipinski definition) is 2. The zero-order valence-electron chi connectivity index (χ0n) is 8.43. The molecule has 3 nitrogen and oxygen atoms in total. The molecular weight excluding hydrogens is 202 g/mol. The summed E-state index contributed by atoms with van der Waals surface area (Å²) < 4.78 is 5.26. The number of carbonyl (C=O) groups is 1. The van der Waals surface area contributed by atoms with Crippen molar-refractivity contribution in [3.05, 3.63) is 0 Å². The number of ether oxygens (including phenoxy) is 1. The zero-order chi connectivity index (χ0) is 10.2. The number of hydrogen-bond donors (Lipinski definition) is 1. The van der Waals surface area contributed by atoms with Gasteiger partial charge in [0.05, 0.1) is 0 Å². The number of amides is 1. The third-order valence-electron chi connectivity index (χ3n) is 2.54. The number of alkyl halides is 1. The van der Waals surface area contributed by atoms with Gasteiger partial charge in [0.2, 0.25) is 5.91 Å². The lowest BCUT2D eigenvalue weighted by Crippen LogP contribution is -2.27. The largest absolute Gasteiger partial charge is 0.381 e. The minimum atomic E-state index is 0.0621. The molecule has 1 fully saturated rings. The van der Waals surface area contributed by atoms with Gasteiger partial charge in [0.15, 0.2) is 0 Å². The summed E-state index contributed by atoms with van der Waals surface area (Å²) in [6.45, 7) is 2.53. The molecule has 0 spiro atoms. The fraction of sp³-hybridized carbons (Fsp3) is 0.900. The highest BCUT2D eigenvalue weighted by Gasteiger charge is 2.13. The molecule has 1 rings (SSSR count). The van der Waals surface area contributed by atoms with Crippen molar-refractivity contribution in [2.75, 3.05) is 25.6 Å². The van der Waals surface area contributed by atoms with Gasteiger partial charge in [-0.05, 0) is 25.2 Å². The molecule has 14 heavy (non-hydrogen) atoms. The summed E-state index contributed by atoms with van der Waals surface area (Å²) in [7, 11) is 0. The van der Waals surface area contributed by atoms with E-state index in [0.717, 1.165) is 44.9 Å². The van der Waals surface area contributed by atoms with Gasteiger partial charge < -0.3 is 10.1 Å². The summed E-state index contributed by atoms with van der Waals surface area (Å²) in [6, 6.07) is 0. The summed E-state index contributed by atoms with van der Waals surface area (Å²) in [4.78, 5) is 11.1. The van der Waals surface area contributed by atoms with Crippen molar-refractivity contribution < 1.29 is 9.53 Å². The van der Waals surface area contributed by atoms with Gasteiger partial charge in [-0.1, -0.05) is 0 Å². The fourth-order valence-corrected chi connectivity index (χ4v) is 1.80. The smallest absolute Gasteiger partial charge is 0.221 e. The first-order valence-electron chi connectivity index (χ1n) is 5.23. The van der Waals surface area contributed by atoms with Crippen molar-refractivity contribution >= 4 is 17.5 Å². The molecule has 0 bridgehead atoms. The van der Waals surface area contributed by atoms with E-state index in [0.29, 0.717) is 12.3 Å². The quantitative estimate of drug-likeness (QED) is 0.713. The lowest BCUT2D eigenvalue weighted by molar-refractivity contribution is -0.120. The topological polar surface area (TPSA) is 38.3 Å². The van der Waals surface area contributed by atoms with E-state index in [9.17, 15) is 4.79 Å². The van der Waals surface area contributed by atoms with Crippen molar-refractivity contribution in [2.24, 2.45) is 5.92 Å². The molecule has 1 heterocycles. The van der Waals surface area contributed by atoms with E-state index < -0.39 is 0 Å². The van der Waals surface area contributed by atoms with Gasteiger partial charge in [0.25, 0.3) is 0 Å². The van der Waals surface area contributed by atoms with Gasteiger partial charge in [-0.3, -0.25) is 4.79 Å². The van der Waals surface area contributed by atoms with Gasteiger partial charge >= 0.3 is 0 Å². The van der Waals surface area contributed by atoms with Crippen molar-refractivity contribution in [1.82, 2.24) is 5.32 Å². The first kappa shape index (κ1) is 11.8. The fourth-order valence-electron chi connectivity index (χ4n) is 1.62. The average Bonchev–Trinajstić information content (AvgIpc) is 2.20. The van der Waals surface area contributed by atoms with Crippen LogP contribution in [0.2, 0.25) is 0 Å². The van der Waals surface area contributed by atoms with Crippen LogP contribution in [0.4, 0.5) is 0 Å². The monoisotopic (exact) mass is 219 g/mol. The highest BCUT2D eigenvalue weighted by Crippen LogP contribution is 2.17. The van der Waals surface area contributed by atoms with Crippen LogP contribution in [0.5, 0.6) is 0 Å². The summed E-state index contributed by atoms with van der Waals surface area (Å²) in [5.74, 6) is 1.19. The standard InChI is InChI=1S/C10H18ClNO2/c11-5-1-10(13)12-6-2-9-3-7-14-8-4-9/h9H,1-8H2,(H,12,13). The van der Waals surface area contributed by atoms with E-state index in [-0.39, 0.29) is 5.91 Å². The molecule has 0 aromatic heterocycles. The second-order valence-corrected chi connectivity index (χ2v) is 4.01. The Hall–Kier alpha value is -0.280. The van der Waals surface area contributed by atoms with Crippen molar-refractivity contribution in [1.29, 1.82) is 0 Å². The minimum Gasteiger partial charge on any atom is -0.381 e. The van der Waals surface area contributed by atoms with Crippen LogP contribution in [0.15, 0.2) is 0 Å². The molecular formula is C10H18ClNO2. The molecule has 0 radical (unpaired) electrons. The lowest BCUT2D eigenvalue weighted by Gasteiger charge is -2.21. The Morgan fingerprint density at radius 3 is 2.79 bits per heavy atom. The third-order valence-corrected chi connectivity index (χ3v) is 2.73. The maximum Gasteiger partial charge on any atom is 0.221 e. The average molecular weight is 220 g/mol. The predicted molar refractivity (Wildman–Crippen MR) is 56.5 cm³/mol. The second kappa shape index (κ2) is 7.07. The van der Waals surface area contributed by atoms with Crippen molar-refractivity contribution in [2.45, 2.75) is 25.7 Å². The summed E-state index contributed by atoms with van der Waals surface area (Å²) in [5.41, 5.74) is 0. The highest BCUT2D eigenvalue weighted by atomic mass is 35.5. The predicted octanol–water partition coefficient (Wildman–Crippen LogP) is 1.55. The van der Waals surface area contributed by atoms with Crippen LogP contribution in [0, 0.1) is 5.92 Å². The lowest BCUT2D eigenvalue weighted by atomic mass is 9.97. The molecule has 0 aromatic rings. The SMILES string of the molecule is O=C(CCCl)NCCC1CCOCC1. The molecule has 0 aliphatic carbocycles. The molecule has 82 valence electrons. The van der Waals surface area contributed by atoms with Gasteiger partial charge in [-0.2, -0.15) is 0 Å². The van der Waals surface area contributed by atoms with Crippen molar-refractivity contribution in [3.8, 4) is 0 Å². The molecule has 0 atom stereocenters. The van der Waals surface area contributed by atoms with Gasteiger partial charge in [-0.15, -0.1) is 11.6 Å². The zero-order valence-corrected chi connectivity index (χ0v) is 9.18.